The maximum absolute atomic E-state index is 12.3. The number of rotatable bonds is 7. The van der Waals surface area contributed by atoms with Crippen LogP contribution in [-0.4, -0.2) is 25.8 Å². The van der Waals surface area contributed by atoms with Crippen molar-refractivity contribution in [2.75, 3.05) is 11.9 Å². The Bertz CT molecular complexity index is 992. The number of benzene rings is 2. The fourth-order valence-corrected chi connectivity index (χ4v) is 3.90. The molecular weight excluding hydrogens is 394 g/mol. The van der Waals surface area contributed by atoms with Gasteiger partial charge in [-0.15, -0.1) is 0 Å². The quantitative estimate of drug-likeness (QED) is 0.535. The molecule has 144 valence electrons. The van der Waals surface area contributed by atoms with Gasteiger partial charge in [-0.3, -0.25) is 14.9 Å². The van der Waals surface area contributed by atoms with Gasteiger partial charge >= 0.3 is 0 Å². The first kappa shape index (κ1) is 20.8. The van der Waals surface area contributed by atoms with Crippen molar-refractivity contribution < 1.29 is 18.1 Å². The van der Waals surface area contributed by atoms with Gasteiger partial charge < -0.3 is 5.32 Å². The normalized spacial score (nSPS) is 11.2. The molecule has 1 amide bonds. The Balaban J connectivity index is 1.97. The van der Waals surface area contributed by atoms with Gasteiger partial charge in [0.05, 0.1) is 20.5 Å². The number of anilines is 1. The van der Waals surface area contributed by atoms with Crippen molar-refractivity contribution in [3.63, 3.8) is 0 Å². The third-order valence-electron chi connectivity index (χ3n) is 3.70. The van der Waals surface area contributed by atoms with Crippen LogP contribution in [-0.2, 0) is 14.8 Å². The molecular formula is C17H18ClN3O5S. The topological polar surface area (TPSA) is 118 Å². The number of nitrogens with one attached hydrogen (secondary N) is 2. The summed E-state index contributed by atoms with van der Waals surface area (Å²) in [6, 6.07) is 8.63. The maximum Gasteiger partial charge on any atom is 0.269 e. The van der Waals surface area contributed by atoms with Crippen LogP contribution >= 0.6 is 11.6 Å². The van der Waals surface area contributed by atoms with Crippen LogP contribution in [0.15, 0.2) is 41.3 Å². The molecule has 0 fully saturated rings. The lowest BCUT2D eigenvalue weighted by atomic mass is 10.2. The number of nitro benzene ring substituents is 1. The Labute approximate surface area is 161 Å². The highest BCUT2D eigenvalue weighted by atomic mass is 35.5. The molecule has 0 saturated heterocycles. The fourth-order valence-electron chi connectivity index (χ4n) is 2.36. The Hall–Kier alpha value is -2.49. The number of aryl methyl sites for hydroxylation is 2. The van der Waals surface area contributed by atoms with Gasteiger partial charge in [0, 0.05) is 25.1 Å². The second-order valence-electron chi connectivity index (χ2n) is 5.89. The first-order valence-electron chi connectivity index (χ1n) is 7.91. The van der Waals surface area contributed by atoms with E-state index in [1.165, 1.54) is 19.1 Å². The number of halogens is 1. The molecule has 0 aliphatic heterocycles. The average Bonchev–Trinajstić information content (AvgIpc) is 2.56. The van der Waals surface area contributed by atoms with Crippen LogP contribution in [0.1, 0.15) is 17.5 Å². The van der Waals surface area contributed by atoms with Crippen LogP contribution in [0, 0.1) is 24.0 Å². The van der Waals surface area contributed by atoms with Crippen LogP contribution in [0.5, 0.6) is 0 Å². The second kappa shape index (κ2) is 8.47. The van der Waals surface area contributed by atoms with Gasteiger partial charge in [0.15, 0.2) is 0 Å². The molecule has 0 aliphatic rings. The third kappa shape index (κ3) is 5.49. The van der Waals surface area contributed by atoms with Crippen molar-refractivity contribution in [3.8, 4) is 0 Å². The predicted molar refractivity (Wildman–Crippen MR) is 102 cm³/mol. The molecule has 0 aliphatic carbocycles. The molecule has 2 N–H and O–H groups in total. The summed E-state index contributed by atoms with van der Waals surface area (Å²) in [6.07, 6.45) is -0.102. The number of non-ortho nitro benzene ring substituents is 1. The number of sulfonamides is 1. The minimum absolute atomic E-state index is 0.0740. The van der Waals surface area contributed by atoms with Crippen molar-refractivity contribution in [2.24, 2.45) is 0 Å². The molecule has 2 aromatic rings. The fraction of sp³-hybridized carbons (Fsp3) is 0.235. The van der Waals surface area contributed by atoms with Crippen LogP contribution in [0.3, 0.4) is 0 Å². The summed E-state index contributed by atoms with van der Waals surface area (Å²) in [4.78, 5) is 22.0. The lowest BCUT2D eigenvalue weighted by Crippen LogP contribution is -2.28. The molecule has 0 heterocycles. The zero-order chi connectivity index (χ0) is 20.2. The SMILES string of the molecule is Cc1ccc(NC(=O)CCNS(=O)(=O)c2ccc([N+](=O)[O-])cc2C)c(Cl)c1. The van der Waals surface area contributed by atoms with E-state index in [4.69, 9.17) is 11.6 Å². The van der Waals surface area contributed by atoms with E-state index in [1.807, 2.05) is 6.92 Å². The Morgan fingerprint density at radius 2 is 1.89 bits per heavy atom. The standard InChI is InChI=1S/C17H18ClN3O5S/c1-11-3-5-15(14(18)9-11)20-17(22)7-8-19-27(25,26)16-6-4-13(21(23)24)10-12(16)2/h3-6,9-10,19H,7-8H2,1-2H3,(H,20,22). The molecule has 8 nitrogen and oxygen atoms in total. The largest absolute Gasteiger partial charge is 0.325 e. The monoisotopic (exact) mass is 411 g/mol. The van der Waals surface area contributed by atoms with Crippen molar-refractivity contribution in [1.29, 1.82) is 0 Å². The number of carbonyl (C=O) groups is 1. The smallest absolute Gasteiger partial charge is 0.269 e. The molecule has 2 rings (SSSR count). The highest BCUT2D eigenvalue weighted by Crippen LogP contribution is 2.23. The molecule has 10 heteroatoms. The molecule has 0 atom stereocenters. The molecule has 0 aromatic heterocycles. The molecule has 0 radical (unpaired) electrons. The van der Waals surface area contributed by atoms with Gasteiger partial charge in [0.25, 0.3) is 5.69 Å². The maximum atomic E-state index is 12.3. The Kier molecular flexibility index (Phi) is 6.53. The molecule has 0 unspecified atom stereocenters. The van der Waals surface area contributed by atoms with E-state index in [2.05, 4.69) is 10.0 Å². The van der Waals surface area contributed by atoms with Crippen molar-refractivity contribution >= 4 is 38.9 Å². The highest BCUT2D eigenvalue weighted by molar-refractivity contribution is 7.89. The average molecular weight is 412 g/mol. The molecule has 0 saturated carbocycles. The van der Waals surface area contributed by atoms with Gasteiger partial charge in [-0.05, 0) is 43.2 Å². The number of nitro groups is 1. The molecule has 0 bridgehead atoms. The minimum Gasteiger partial charge on any atom is -0.325 e. The van der Waals surface area contributed by atoms with Crippen LogP contribution in [0.25, 0.3) is 0 Å². The van der Waals surface area contributed by atoms with E-state index < -0.39 is 20.9 Å². The van der Waals surface area contributed by atoms with E-state index in [-0.39, 0.29) is 29.1 Å². The van der Waals surface area contributed by atoms with Gasteiger partial charge in [-0.1, -0.05) is 17.7 Å². The molecule has 0 spiro atoms. The van der Waals surface area contributed by atoms with Crippen molar-refractivity contribution in [2.45, 2.75) is 25.2 Å². The lowest BCUT2D eigenvalue weighted by Gasteiger charge is -2.10. The van der Waals surface area contributed by atoms with Gasteiger partial charge in [-0.2, -0.15) is 0 Å². The van der Waals surface area contributed by atoms with Crippen LogP contribution < -0.4 is 10.0 Å². The van der Waals surface area contributed by atoms with Crippen LogP contribution in [0.2, 0.25) is 5.02 Å². The zero-order valence-corrected chi connectivity index (χ0v) is 16.2. The van der Waals surface area contributed by atoms with Gasteiger partial charge in [-0.25, -0.2) is 13.1 Å². The van der Waals surface area contributed by atoms with Crippen molar-refractivity contribution in [1.82, 2.24) is 4.72 Å². The van der Waals surface area contributed by atoms with E-state index >= 15 is 0 Å². The van der Waals surface area contributed by atoms with E-state index in [0.717, 1.165) is 11.6 Å². The zero-order valence-electron chi connectivity index (χ0n) is 14.7. The summed E-state index contributed by atoms with van der Waals surface area (Å²) in [5, 5.41) is 13.7. The number of nitrogens with zero attached hydrogens (tertiary/aromatic N) is 1. The second-order valence-corrected chi connectivity index (χ2v) is 8.03. The number of amides is 1. The Morgan fingerprint density at radius 1 is 1.19 bits per heavy atom. The summed E-state index contributed by atoms with van der Waals surface area (Å²) in [6.45, 7) is 3.20. The third-order valence-corrected chi connectivity index (χ3v) is 5.64. The first-order chi connectivity index (χ1) is 12.6. The summed E-state index contributed by atoms with van der Waals surface area (Å²) >= 11 is 6.04. The van der Waals surface area contributed by atoms with E-state index in [9.17, 15) is 23.3 Å². The van der Waals surface area contributed by atoms with Gasteiger partial charge in [0.2, 0.25) is 15.9 Å². The van der Waals surface area contributed by atoms with Gasteiger partial charge in [0.1, 0.15) is 0 Å². The summed E-state index contributed by atoms with van der Waals surface area (Å²) in [5.41, 5.74) is 1.44. The lowest BCUT2D eigenvalue weighted by molar-refractivity contribution is -0.385. The number of hydrogen-bond donors (Lipinski definition) is 2. The number of hydrogen-bond acceptors (Lipinski definition) is 5. The van der Waals surface area contributed by atoms with Crippen LogP contribution in [0.4, 0.5) is 11.4 Å². The Morgan fingerprint density at radius 3 is 2.48 bits per heavy atom. The summed E-state index contributed by atoms with van der Waals surface area (Å²) in [7, 11) is -3.89. The van der Waals surface area contributed by atoms with E-state index in [1.54, 1.807) is 18.2 Å². The molecule has 2 aromatic carbocycles. The first-order valence-corrected chi connectivity index (χ1v) is 9.77. The summed E-state index contributed by atoms with van der Waals surface area (Å²) in [5.74, 6) is -0.399. The summed E-state index contributed by atoms with van der Waals surface area (Å²) < 4.78 is 27.0. The number of carbonyl (C=O) groups excluding carboxylic acids is 1. The van der Waals surface area contributed by atoms with Crippen molar-refractivity contribution in [3.05, 3.63) is 62.7 Å². The van der Waals surface area contributed by atoms with E-state index in [0.29, 0.717) is 10.7 Å². The predicted octanol–water partition coefficient (Wildman–Crippen LogP) is 3.17. The highest BCUT2D eigenvalue weighted by Gasteiger charge is 2.19. The minimum atomic E-state index is -3.89. The molecule has 27 heavy (non-hydrogen) atoms.